The quantitative estimate of drug-likeness (QED) is 0.778. The fourth-order valence-corrected chi connectivity index (χ4v) is 1.20. The van der Waals surface area contributed by atoms with E-state index in [1.807, 2.05) is 0 Å². The first-order valence-electron chi connectivity index (χ1n) is 3.68. The Morgan fingerprint density at radius 1 is 1.64 bits per heavy atom. The van der Waals surface area contributed by atoms with Gasteiger partial charge in [0.25, 0.3) is 11.7 Å². The maximum absolute atomic E-state index is 12.3. The van der Waals surface area contributed by atoms with Gasteiger partial charge in [-0.3, -0.25) is 9.78 Å². The molecule has 0 saturated carbocycles. The molecular formula is C8H7ClF2N2O. The number of pyridine rings is 1. The zero-order chi connectivity index (χ0) is 10.9. The monoisotopic (exact) mass is 220 g/mol. The number of alkyl halides is 2. The molecule has 14 heavy (non-hydrogen) atoms. The Morgan fingerprint density at radius 3 is 2.64 bits per heavy atom. The molecule has 0 aliphatic rings. The molecule has 0 saturated heterocycles. The highest BCUT2D eigenvalue weighted by Gasteiger charge is 2.18. The molecule has 0 fully saturated rings. The van der Waals surface area contributed by atoms with Crippen molar-refractivity contribution in [1.82, 2.24) is 4.98 Å². The number of nitrogens with two attached hydrogens (primary N) is 1. The van der Waals surface area contributed by atoms with Crippen molar-refractivity contribution >= 4 is 22.5 Å². The van der Waals surface area contributed by atoms with Crippen LogP contribution in [0.15, 0.2) is 6.20 Å². The zero-order valence-corrected chi connectivity index (χ0v) is 7.98. The predicted molar refractivity (Wildman–Crippen MR) is 48.5 cm³/mol. The first kappa shape index (κ1) is 10.8. The molecule has 0 unspecified atom stereocenters. The van der Waals surface area contributed by atoms with E-state index >= 15 is 0 Å². The smallest absolute Gasteiger partial charge is 0.282 e. The minimum atomic E-state index is -2.76. The first-order valence-corrected chi connectivity index (χ1v) is 4.06. The Morgan fingerprint density at radius 2 is 2.21 bits per heavy atom. The van der Waals surface area contributed by atoms with Crippen molar-refractivity contribution < 1.29 is 13.6 Å². The molecule has 0 spiro atoms. The Labute approximate surface area is 83.9 Å². The summed E-state index contributed by atoms with van der Waals surface area (Å²) in [4.78, 5) is 14.2. The highest BCUT2D eigenvalue weighted by atomic mass is 35.5. The molecule has 1 aromatic rings. The lowest BCUT2D eigenvalue weighted by atomic mass is 10.1. The van der Waals surface area contributed by atoms with Crippen molar-refractivity contribution in [3.05, 3.63) is 23.0 Å². The van der Waals surface area contributed by atoms with Crippen molar-refractivity contribution in [3.63, 3.8) is 0 Å². The van der Waals surface area contributed by atoms with Crippen LogP contribution in [0.4, 0.5) is 14.5 Å². The van der Waals surface area contributed by atoms with Gasteiger partial charge in [0, 0.05) is 6.20 Å². The molecule has 0 aliphatic heterocycles. The molecule has 76 valence electrons. The van der Waals surface area contributed by atoms with Crippen LogP contribution in [0.3, 0.4) is 0 Å². The van der Waals surface area contributed by atoms with Crippen LogP contribution in [0, 0.1) is 6.92 Å². The molecule has 0 amide bonds. The summed E-state index contributed by atoms with van der Waals surface area (Å²) in [5, 5.41) is -0.762. The van der Waals surface area contributed by atoms with E-state index in [-0.39, 0.29) is 16.8 Å². The number of carbonyl (C=O) groups is 1. The molecule has 0 bridgehead atoms. The summed E-state index contributed by atoms with van der Waals surface area (Å²) in [6, 6.07) is 0. The van der Waals surface area contributed by atoms with E-state index in [4.69, 9.17) is 17.3 Å². The van der Waals surface area contributed by atoms with E-state index in [9.17, 15) is 13.6 Å². The Balaban J connectivity index is 3.33. The van der Waals surface area contributed by atoms with Gasteiger partial charge in [-0.25, -0.2) is 8.78 Å². The SMILES string of the molecule is Cc1c(C(=O)Cl)cnc(C(F)F)c1N. The standard InChI is InChI=1S/C8H7ClF2N2O/c1-3-4(7(9)14)2-13-6(5(3)12)8(10)11/h2,8H,12H2,1H3. The number of anilines is 1. The van der Waals surface area contributed by atoms with Crippen LogP contribution in [-0.2, 0) is 0 Å². The molecule has 1 rings (SSSR count). The number of nitrogens with zero attached hydrogens (tertiary/aromatic N) is 1. The fourth-order valence-electron chi connectivity index (χ4n) is 1.01. The van der Waals surface area contributed by atoms with E-state index in [0.717, 1.165) is 6.20 Å². The zero-order valence-electron chi connectivity index (χ0n) is 7.22. The molecule has 3 nitrogen and oxygen atoms in total. The molecule has 1 heterocycles. The second-order valence-corrected chi connectivity index (χ2v) is 3.01. The van der Waals surface area contributed by atoms with Crippen LogP contribution < -0.4 is 5.73 Å². The number of hydrogen-bond donors (Lipinski definition) is 1. The van der Waals surface area contributed by atoms with Crippen molar-refractivity contribution in [2.24, 2.45) is 0 Å². The first-order chi connectivity index (χ1) is 6.45. The lowest BCUT2D eigenvalue weighted by Crippen LogP contribution is -2.05. The van der Waals surface area contributed by atoms with Gasteiger partial charge in [0.05, 0.1) is 11.3 Å². The van der Waals surface area contributed by atoms with Gasteiger partial charge in [-0.1, -0.05) is 0 Å². The normalized spacial score (nSPS) is 10.6. The summed E-state index contributed by atoms with van der Waals surface area (Å²) >= 11 is 5.19. The molecule has 0 atom stereocenters. The molecule has 0 aliphatic carbocycles. The van der Waals surface area contributed by atoms with Crippen molar-refractivity contribution in [2.45, 2.75) is 13.3 Å². The maximum Gasteiger partial charge on any atom is 0.282 e. The molecule has 0 radical (unpaired) electrons. The van der Waals surface area contributed by atoms with Crippen LogP contribution >= 0.6 is 11.6 Å². The molecule has 0 aromatic carbocycles. The van der Waals surface area contributed by atoms with E-state index in [2.05, 4.69) is 4.98 Å². The van der Waals surface area contributed by atoms with Crippen molar-refractivity contribution in [2.75, 3.05) is 5.73 Å². The molecule has 2 N–H and O–H groups in total. The average molecular weight is 221 g/mol. The van der Waals surface area contributed by atoms with Gasteiger partial charge in [0.1, 0.15) is 5.69 Å². The third-order valence-electron chi connectivity index (χ3n) is 1.84. The fraction of sp³-hybridized carbons (Fsp3) is 0.250. The lowest BCUT2D eigenvalue weighted by Gasteiger charge is -2.08. The van der Waals surface area contributed by atoms with E-state index < -0.39 is 17.4 Å². The second kappa shape index (κ2) is 3.88. The number of carbonyl (C=O) groups excluding carboxylic acids is 1. The topological polar surface area (TPSA) is 56.0 Å². The summed E-state index contributed by atoms with van der Waals surface area (Å²) in [5.41, 5.74) is 4.94. The summed E-state index contributed by atoms with van der Waals surface area (Å²) < 4.78 is 24.6. The van der Waals surface area contributed by atoms with Gasteiger partial charge in [0.2, 0.25) is 0 Å². The summed E-state index contributed by atoms with van der Waals surface area (Å²) in [5.74, 6) is 0. The number of hydrogen-bond acceptors (Lipinski definition) is 3. The molecule has 1 aromatic heterocycles. The van der Waals surface area contributed by atoms with E-state index in [0.29, 0.717) is 0 Å². The minimum absolute atomic E-state index is 0.0496. The number of aromatic nitrogens is 1. The Hall–Kier alpha value is -1.23. The van der Waals surface area contributed by atoms with Crippen molar-refractivity contribution in [3.8, 4) is 0 Å². The number of rotatable bonds is 2. The van der Waals surface area contributed by atoms with E-state index in [1.54, 1.807) is 0 Å². The third-order valence-corrected chi connectivity index (χ3v) is 2.04. The lowest BCUT2D eigenvalue weighted by molar-refractivity contribution is 0.107. The Bertz CT molecular complexity index is 382. The van der Waals surface area contributed by atoms with Gasteiger partial charge in [-0.05, 0) is 24.1 Å². The van der Waals surface area contributed by atoms with Gasteiger partial charge in [-0.15, -0.1) is 0 Å². The van der Waals surface area contributed by atoms with Crippen LogP contribution in [0.5, 0.6) is 0 Å². The number of halogens is 3. The molecular weight excluding hydrogens is 214 g/mol. The maximum atomic E-state index is 12.3. The average Bonchev–Trinajstić information content (AvgIpc) is 2.08. The highest BCUT2D eigenvalue weighted by Crippen LogP contribution is 2.27. The summed E-state index contributed by atoms with van der Waals surface area (Å²) in [6.45, 7) is 1.44. The van der Waals surface area contributed by atoms with Crippen molar-refractivity contribution in [1.29, 1.82) is 0 Å². The van der Waals surface area contributed by atoms with Gasteiger partial charge in [0.15, 0.2) is 0 Å². The van der Waals surface area contributed by atoms with Crippen LogP contribution in [0.1, 0.15) is 28.0 Å². The highest BCUT2D eigenvalue weighted by molar-refractivity contribution is 6.67. The third kappa shape index (κ3) is 1.82. The largest absolute Gasteiger partial charge is 0.397 e. The van der Waals surface area contributed by atoms with Crippen LogP contribution in [0.25, 0.3) is 0 Å². The summed E-state index contributed by atoms with van der Waals surface area (Å²) in [7, 11) is 0. The second-order valence-electron chi connectivity index (χ2n) is 2.67. The number of nitrogen functional groups attached to an aromatic ring is 1. The van der Waals surface area contributed by atoms with Gasteiger partial charge >= 0.3 is 0 Å². The molecule has 6 heteroatoms. The van der Waals surface area contributed by atoms with Gasteiger partial charge in [-0.2, -0.15) is 0 Å². The minimum Gasteiger partial charge on any atom is -0.397 e. The van der Waals surface area contributed by atoms with Crippen LogP contribution in [0.2, 0.25) is 0 Å². The predicted octanol–water partition coefficient (Wildman–Crippen LogP) is 2.29. The summed E-state index contributed by atoms with van der Waals surface area (Å²) in [6.07, 6.45) is -1.75. The van der Waals surface area contributed by atoms with E-state index in [1.165, 1.54) is 6.92 Å². The van der Waals surface area contributed by atoms with Crippen LogP contribution in [-0.4, -0.2) is 10.2 Å². The van der Waals surface area contributed by atoms with Gasteiger partial charge < -0.3 is 5.73 Å². The Kier molecular flexibility index (Phi) is 3.00.